The first-order chi connectivity index (χ1) is 1.00. The number of rotatable bonds is 0. The van der Waals surface area contributed by atoms with Gasteiger partial charge < -0.3 is 7.96 Å². The average molecular weight is 158 g/mol. The van der Waals surface area contributed by atoms with E-state index in [1.165, 1.54) is 0 Å². The second-order valence-corrected chi connectivity index (χ2v) is 0. The Hall–Kier alpha value is 1.73. The molecule has 0 unspecified atom stereocenters. The molecule has 0 aliphatic rings. The molecular weight excluding hydrogens is 151 g/mol. The fourth-order valence-electron chi connectivity index (χ4n) is 0. The van der Waals surface area contributed by atoms with Crippen LogP contribution in [0.3, 0.4) is 0 Å². The number of halogens is 1. The zero-order valence-corrected chi connectivity index (χ0v) is 6.86. The van der Waals surface area contributed by atoms with Gasteiger partial charge in [-0.25, -0.2) is 0 Å². The van der Waals surface area contributed by atoms with Crippen LogP contribution in [0, 0.1) is 0 Å². The molecule has 0 aliphatic heterocycles. The van der Waals surface area contributed by atoms with Gasteiger partial charge >= 0.3 is 45.5 Å². The zero-order chi connectivity index (χ0) is 2.00. The molecule has 1 N–H and O–H groups in total. The molecule has 0 radical (unpaired) electrons. The summed E-state index contributed by atoms with van der Waals surface area (Å²) in [6, 6.07) is 0. The van der Waals surface area contributed by atoms with Crippen molar-refractivity contribution in [1.82, 2.24) is 0 Å². The summed E-state index contributed by atoms with van der Waals surface area (Å²) < 4.78 is 0. The van der Waals surface area contributed by atoms with Crippen LogP contribution in [-0.2, 0) is 0 Å². The maximum Gasteiger partial charge on any atom is 2.00 e. The van der Waals surface area contributed by atoms with E-state index >= 15 is 0 Å². The van der Waals surface area contributed by atoms with Gasteiger partial charge in [0, 0.05) is 7.11 Å². The van der Waals surface area contributed by atoms with Crippen molar-refractivity contribution in [1.29, 1.82) is 0 Å². The number of aliphatic hydroxyl groups is 1. The topological polar surface area (TPSA) is 20.2 Å². The Balaban J connectivity index is -0.000000000833. The predicted molar refractivity (Wildman–Crippen MR) is 23.4 cm³/mol. The van der Waals surface area contributed by atoms with Crippen LogP contribution in [0.5, 0.6) is 0 Å². The van der Waals surface area contributed by atoms with E-state index < -0.39 is 0 Å². The minimum atomic E-state index is 0. The normalized spacial score (nSPS) is 1.50. The number of hydrogen-bond acceptors (Lipinski definition) is 1. The molecule has 3 heteroatoms. The SMILES string of the molecule is CO.Cl.[H-].[H-].[Sr+2]. The van der Waals surface area contributed by atoms with Crippen LogP contribution in [-0.4, -0.2) is 57.7 Å². The van der Waals surface area contributed by atoms with Crippen molar-refractivity contribution in [2.75, 3.05) is 7.11 Å². The van der Waals surface area contributed by atoms with Gasteiger partial charge in [0.05, 0.1) is 0 Å². The molecule has 0 aliphatic carbocycles. The van der Waals surface area contributed by atoms with E-state index in [9.17, 15) is 0 Å². The van der Waals surface area contributed by atoms with Gasteiger partial charge in [0.25, 0.3) is 0 Å². The van der Waals surface area contributed by atoms with Crippen LogP contribution in [0.2, 0.25) is 0 Å². The Morgan fingerprint density at radius 2 is 1.50 bits per heavy atom. The van der Waals surface area contributed by atoms with Crippen molar-refractivity contribution in [3.8, 4) is 0 Å². The number of aliphatic hydroxyl groups excluding tert-OH is 1. The Kier molecular flexibility index (Phi) is 94.5. The van der Waals surface area contributed by atoms with Gasteiger partial charge in [-0.2, -0.15) is 0 Å². The smallest absolute Gasteiger partial charge is 1.00 e. The van der Waals surface area contributed by atoms with Gasteiger partial charge in [0.1, 0.15) is 0 Å². The van der Waals surface area contributed by atoms with E-state index in [-0.39, 0.29) is 60.7 Å². The monoisotopic (exact) mass is 158 g/mol. The molecule has 0 saturated carbocycles. The molecule has 0 aromatic rings. The first-order valence-electron chi connectivity index (χ1n) is 0.447. The maximum absolute atomic E-state index is 7.00. The van der Waals surface area contributed by atoms with Gasteiger partial charge in [0.15, 0.2) is 0 Å². The first kappa shape index (κ1) is 17.2. The van der Waals surface area contributed by atoms with Crippen molar-refractivity contribution < 1.29 is 7.96 Å². The summed E-state index contributed by atoms with van der Waals surface area (Å²) in [6.07, 6.45) is 0. The summed E-state index contributed by atoms with van der Waals surface area (Å²) in [5.74, 6) is 0. The average Bonchev–Trinajstić information content (AvgIpc) is 1.00. The van der Waals surface area contributed by atoms with Crippen LogP contribution in [0.25, 0.3) is 0 Å². The third kappa shape index (κ3) is 9.29. The molecule has 0 aromatic heterocycles. The molecule has 0 rings (SSSR count). The third-order valence-electron chi connectivity index (χ3n) is 0. The minimum Gasteiger partial charge on any atom is -1.00 e. The molecular formula is CH7ClOSr. The van der Waals surface area contributed by atoms with E-state index in [1.54, 1.807) is 0 Å². The molecule has 0 saturated heterocycles. The Labute approximate surface area is 72.0 Å². The summed E-state index contributed by atoms with van der Waals surface area (Å²) >= 11 is 0. The van der Waals surface area contributed by atoms with Crippen molar-refractivity contribution in [2.45, 2.75) is 0 Å². The summed E-state index contributed by atoms with van der Waals surface area (Å²) in [6.45, 7) is 0. The summed E-state index contributed by atoms with van der Waals surface area (Å²) in [7, 11) is 1.00. The second-order valence-electron chi connectivity index (χ2n) is 0. The van der Waals surface area contributed by atoms with Gasteiger partial charge in [-0.1, -0.05) is 0 Å². The quantitative estimate of drug-likeness (QED) is 0.487. The first-order valence-corrected chi connectivity index (χ1v) is 0.447. The van der Waals surface area contributed by atoms with Crippen molar-refractivity contribution in [2.24, 2.45) is 0 Å². The van der Waals surface area contributed by atoms with Gasteiger partial charge in [-0.3, -0.25) is 0 Å². The Morgan fingerprint density at radius 3 is 1.50 bits per heavy atom. The van der Waals surface area contributed by atoms with Crippen LogP contribution < -0.4 is 0 Å². The fourth-order valence-corrected chi connectivity index (χ4v) is 0. The molecule has 0 amide bonds. The van der Waals surface area contributed by atoms with Crippen molar-refractivity contribution >= 4 is 57.9 Å². The molecule has 1 nitrogen and oxygen atoms in total. The number of hydrogen-bond donors (Lipinski definition) is 1. The fraction of sp³-hybridized carbons (Fsp3) is 1.00. The van der Waals surface area contributed by atoms with E-state index in [0.29, 0.717) is 0 Å². The molecule has 0 fully saturated rings. The van der Waals surface area contributed by atoms with Crippen LogP contribution in [0.15, 0.2) is 0 Å². The van der Waals surface area contributed by atoms with Gasteiger partial charge in [-0.15, -0.1) is 12.4 Å². The molecule has 0 atom stereocenters. The second kappa shape index (κ2) is 22.0. The molecule has 0 aromatic carbocycles. The maximum atomic E-state index is 7.00. The van der Waals surface area contributed by atoms with Crippen LogP contribution >= 0.6 is 12.4 Å². The van der Waals surface area contributed by atoms with Crippen LogP contribution in [0.4, 0.5) is 0 Å². The standard InChI is InChI=1S/CH4O.ClH.Sr.2H/c1-2;;;;/h2H,1H3;1H;;;/q;;+2;2*-1. The summed E-state index contributed by atoms with van der Waals surface area (Å²) in [5.41, 5.74) is 0. The van der Waals surface area contributed by atoms with E-state index in [0.717, 1.165) is 7.11 Å². The molecule has 0 bridgehead atoms. The van der Waals surface area contributed by atoms with E-state index in [4.69, 9.17) is 5.11 Å². The molecule has 0 heterocycles. The Bertz CT molecular complexity index is 13.5. The van der Waals surface area contributed by atoms with Gasteiger partial charge in [0.2, 0.25) is 0 Å². The van der Waals surface area contributed by atoms with Gasteiger partial charge in [-0.05, 0) is 0 Å². The summed E-state index contributed by atoms with van der Waals surface area (Å²) in [4.78, 5) is 0. The molecule has 4 heavy (non-hydrogen) atoms. The van der Waals surface area contributed by atoms with Crippen LogP contribution in [0.1, 0.15) is 2.85 Å². The van der Waals surface area contributed by atoms with E-state index in [2.05, 4.69) is 0 Å². The largest absolute Gasteiger partial charge is 2.00 e. The molecule has 26 valence electrons. The third-order valence-corrected chi connectivity index (χ3v) is 0. The Morgan fingerprint density at radius 1 is 1.50 bits per heavy atom. The van der Waals surface area contributed by atoms with Crippen molar-refractivity contribution in [3.05, 3.63) is 0 Å². The summed E-state index contributed by atoms with van der Waals surface area (Å²) in [5, 5.41) is 7.00. The zero-order valence-electron chi connectivity index (χ0n) is 4.56. The molecule has 0 spiro atoms. The van der Waals surface area contributed by atoms with E-state index in [1.807, 2.05) is 0 Å². The minimum absolute atomic E-state index is 0. The predicted octanol–water partition coefficient (Wildman–Crippen LogP) is -0.126. The van der Waals surface area contributed by atoms with Crippen molar-refractivity contribution in [3.63, 3.8) is 0 Å².